The lowest BCUT2D eigenvalue weighted by atomic mass is 9.93. The fraction of sp³-hybridized carbons (Fsp3) is 0.389. The Hall–Kier alpha value is -2.27. The summed E-state index contributed by atoms with van der Waals surface area (Å²) in [5.74, 6) is 0.606. The number of fused-ring (bicyclic) bond motifs is 1. The maximum atomic E-state index is 4.51. The van der Waals surface area contributed by atoms with E-state index in [9.17, 15) is 0 Å². The zero-order chi connectivity index (χ0) is 15.6. The van der Waals surface area contributed by atoms with Crippen molar-refractivity contribution in [2.45, 2.75) is 25.3 Å². The van der Waals surface area contributed by atoms with E-state index in [1.165, 1.54) is 24.1 Å². The number of rotatable bonds is 3. The van der Waals surface area contributed by atoms with E-state index in [1.807, 2.05) is 24.0 Å². The first-order valence-corrected chi connectivity index (χ1v) is 8.21. The monoisotopic (exact) mass is 307 g/mol. The molecule has 3 aromatic rings. The number of hydrogen-bond donors (Lipinski definition) is 0. The van der Waals surface area contributed by atoms with Gasteiger partial charge in [0.15, 0.2) is 0 Å². The average molecular weight is 307 g/mol. The van der Waals surface area contributed by atoms with Crippen molar-refractivity contribution < 1.29 is 0 Å². The number of hydrogen-bond acceptors (Lipinski definition) is 4. The summed E-state index contributed by atoms with van der Waals surface area (Å²) in [4.78, 5) is 7.04. The number of benzene rings is 1. The molecule has 0 spiro atoms. The second-order valence-corrected chi connectivity index (χ2v) is 6.34. The van der Waals surface area contributed by atoms with E-state index in [1.54, 1.807) is 0 Å². The fourth-order valence-electron chi connectivity index (χ4n) is 3.45. The van der Waals surface area contributed by atoms with Gasteiger partial charge in [0.1, 0.15) is 5.52 Å². The normalized spacial score (nSPS) is 16.9. The Balaban J connectivity index is 1.40. The van der Waals surface area contributed by atoms with Crippen molar-refractivity contribution in [1.29, 1.82) is 0 Å². The van der Waals surface area contributed by atoms with Gasteiger partial charge in [0.2, 0.25) is 0 Å². The highest BCUT2D eigenvalue weighted by atomic mass is 15.4. The second kappa shape index (κ2) is 6.08. The second-order valence-electron chi connectivity index (χ2n) is 6.34. The molecule has 1 aliphatic heterocycles. The number of aryl methyl sites for hydroxylation is 1. The Morgan fingerprint density at radius 2 is 2.00 bits per heavy atom. The zero-order valence-electron chi connectivity index (χ0n) is 13.4. The van der Waals surface area contributed by atoms with E-state index in [-0.39, 0.29) is 0 Å². The third kappa shape index (κ3) is 2.97. The molecule has 1 aromatic carbocycles. The van der Waals surface area contributed by atoms with Crippen LogP contribution >= 0.6 is 0 Å². The van der Waals surface area contributed by atoms with Crippen LogP contribution in [0.3, 0.4) is 0 Å². The van der Waals surface area contributed by atoms with E-state index >= 15 is 0 Å². The van der Waals surface area contributed by atoms with Crippen molar-refractivity contribution >= 4 is 11.0 Å². The summed E-state index contributed by atoms with van der Waals surface area (Å²) in [6.45, 7) is 3.24. The van der Waals surface area contributed by atoms with Crippen LogP contribution in [0, 0.1) is 0 Å². The highest BCUT2D eigenvalue weighted by molar-refractivity contribution is 5.74. The molecule has 1 saturated heterocycles. The molecule has 0 atom stereocenters. The minimum absolute atomic E-state index is 0.606. The average Bonchev–Trinajstić information content (AvgIpc) is 2.97. The fourth-order valence-corrected chi connectivity index (χ4v) is 3.45. The molecule has 0 saturated carbocycles. The molecule has 118 valence electrons. The van der Waals surface area contributed by atoms with Gasteiger partial charge in [-0.15, -0.1) is 5.10 Å². The lowest BCUT2D eigenvalue weighted by molar-refractivity contribution is 0.203. The van der Waals surface area contributed by atoms with Crippen molar-refractivity contribution in [3.8, 4) is 0 Å². The van der Waals surface area contributed by atoms with E-state index in [4.69, 9.17) is 0 Å². The number of piperidine rings is 1. The molecule has 0 radical (unpaired) electrons. The SMILES string of the molecule is Cn1nnc2cc(CN3CCC(c4ccccn4)CC3)ccc21. The highest BCUT2D eigenvalue weighted by Crippen LogP contribution is 2.27. The Morgan fingerprint density at radius 3 is 2.78 bits per heavy atom. The van der Waals surface area contributed by atoms with Crippen molar-refractivity contribution in [3.05, 3.63) is 53.9 Å². The largest absolute Gasteiger partial charge is 0.299 e. The third-order valence-corrected chi connectivity index (χ3v) is 4.77. The molecular weight excluding hydrogens is 286 g/mol. The molecule has 4 rings (SSSR count). The molecule has 23 heavy (non-hydrogen) atoms. The molecule has 0 N–H and O–H groups in total. The highest BCUT2D eigenvalue weighted by Gasteiger charge is 2.21. The predicted octanol–water partition coefficient (Wildman–Crippen LogP) is 2.74. The van der Waals surface area contributed by atoms with Gasteiger partial charge in [-0.1, -0.05) is 17.3 Å². The van der Waals surface area contributed by atoms with Gasteiger partial charge >= 0.3 is 0 Å². The molecular formula is C18H21N5. The van der Waals surface area contributed by atoms with Crippen LogP contribution in [0.2, 0.25) is 0 Å². The molecule has 0 unspecified atom stereocenters. The molecule has 1 aliphatic rings. The molecule has 0 bridgehead atoms. The minimum atomic E-state index is 0.606. The van der Waals surface area contributed by atoms with E-state index in [2.05, 4.69) is 50.5 Å². The molecule has 5 nitrogen and oxygen atoms in total. The first-order chi connectivity index (χ1) is 11.3. The van der Waals surface area contributed by atoms with Gasteiger partial charge in [-0.25, -0.2) is 4.68 Å². The molecule has 1 fully saturated rings. The van der Waals surface area contributed by atoms with Gasteiger partial charge in [0.05, 0.1) is 5.52 Å². The van der Waals surface area contributed by atoms with Crippen LogP contribution in [0.4, 0.5) is 0 Å². The molecule has 0 aliphatic carbocycles. The van der Waals surface area contributed by atoms with Crippen LogP contribution in [0.15, 0.2) is 42.6 Å². The van der Waals surface area contributed by atoms with Crippen LogP contribution in [0.25, 0.3) is 11.0 Å². The van der Waals surface area contributed by atoms with Gasteiger partial charge in [-0.05, 0) is 55.8 Å². The predicted molar refractivity (Wildman–Crippen MR) is 90.0 cm³/mol. The summed E-state index contributed by atoms with van der Waals surface area (Å²) in [6.07, 6.45) is 4.27. The first-order valence-electron chi connectivity index (χ1n) is 8.21. The van der Waals surface area contributed by atoms with Gasteiger partial charge in [0.25, 0.3) is 0 Å². The Morgan fingerprint density at radius 1 is 1.13 bits per heavy atom. The first kappa shape index (κ1) is 14.3. The van der Waals surface area contributed by atoms with Crippen LogP contribution < -0.4 is 0 Å². The maximum absolute atomic E-state index is 4.51. The topological polar surface area (TPSA) is 46.8 Å². The Kier molecular flexibility index (Phi) is 3.79. The zero-order valence-corrected chi connectivity index (χ0v) is 13.4. The minimum Gasteiger partial charge on any atom is -0.299 e. The smallest absolute Gasteiger partial charge is 0.113 e. The molecule has 3 heterocycles. The van der Waals surface area contributed by atoms with Gasteiger partial charge < -0.3 is 0 Å². The quantitative estimate of drug-likeness (QED) is 0.746. The number of nitrogens with zero attached hydrogens (tertiary/aromatic N) is 5. The lowest BCUT2D eigenvalue weighted by Crippen LogP contribution is -2.32. The molecule has 0 amide bonds. The maximum Gasteiger partial charge on any atom is 0.113 e. The number of pyridine rings is 1. The molecule has 5 heteroatoms. The van der Waals surface area contributed by atoms with Crippen LogP contribution in [-0.2, 0) is 13.6 Å². The van der Waals surface area contributed by atoms with Crippen molar-refractivity contribution in [2.75, 3.05) is 13.1 Å². The van der Waals surface area contributed by atoms with Crippen LogP contribution in [0.5, 0.6) is 0 Å². The third-order valence-electron chi connectivity index (χ3n) is 4.77. The molecule has 2 aromatic heterocycles. The summed E-state index contributed by atoms with van der Waals surface area (Å²) in [7, 11) is 1.93. The van der Waals surface area contributed by atoms with Crippen molar-refractivity contribution in [3.63, 3.8) is 0 Å². The summed E-state index contributed by atoms with van der Waals surface area (Å²) in [5.41, 5.74) is 4.62. The van der Waals surface area contributed by atoms with Crippen LogP contribution in [-0.4, -0.2) is 38.0 Å². The van der Waals surface area contributed by atoms with E-state index < -0.39 is 0 Å². The van der Waals surface area contributed by atoms with Crippen molar-refractivity contribution in [2.24, 2.45) is 7.05 Å². The number of aromatic nitrogens is 4. The van der Waals surface area contributed by atoms with E-state index in [0.29, 0.717) is 5.92 Å². The Labute approximate surface area is 135 Å². The van der Waals surface area contributed by atoms with Gasteiger partial charge in [-0.3, -0.25) is 9.88 Å². The summed E-state index contributed by atoms with van der Waals surface area (Å²) < 4.78 is 1.82. The standard InChI is InChI=1S/C18H21N5/c1-22-18-6-5-14(12-17(18)20-21-22)13-23-10-7-15(8-11-23)16-4-2-3-9-19-16/h2-6,9,12,15H,7-8,10-11,13H2,1H3. The van der Waals surface area contributed by atoms with Gasteiger partial charge in [-0.2, -0.15) is 0 Å². The van der Waals surface area contributed by atoms with Crippen molar-refractivity contribution in [1.82, 2.24) is 24.9 Å². The Bertz CT molecular complexity index is 788. The summed E-state index contributed by atoms with van der Waals surface area (Å²) in [5, 5.41) is 8.28. The summed E-state index contributed by atoms with van der Waals surface area (Å²) in [6, 6.07) is 12.7. The summed E-state index contributed by atoms with van der Waals surface area (Å²) >= 11 is 0. The van der Waals surface area contributed by atoms with E-state index in [0.717, 1.165) is 30.7 Å². The number of likely N-dealkylation sites (tertiary alicyclic amines) is 1. The lowest BCUT2D eigenvalue weighted by Gasteiger charge is -2.31. The van der Waals surface area contributed by atoms with Crippen LogP contribution in [0.1, 0.15) is 30.0 Å². The van der Waals surface area contributed by atoms with Gasteiger partial charge in [0, 0.05) is 31.4 Å².